The molecule has 0 aliphatic heterocycles. The minimum atomic E-state index is -0.0237. The summed E-state index contributed by atoms with van der Waals surface area (Å²) in [5.41, 5.74) is 3.45. The Hall–Kier alpha value is -2.41. The highest BCUT2D eigenvalue weighted by Crippen LogP contribution is 2.24. The van der Waals surface area contributed by atoms with Crippen LogP contribution in [0.1, 0.15) is 18.2 Å². The predicted molar refractivity (Wildman–Crippen MR) is 109 cm³/mol. The second-order valence-electron chi connectivity index (χ2n) is 6.17. The zero-order valence-corrected chi connectivity index (χ0v) is 16.7. The van der Waals surface area contributed by atoms with Gasteiger partial charge in [-0.15, -0.1) is 11.3 Å². The second-order valence-corrected chi connectivity index (χ2v) is 7.03. The maximum Gasteiger partial charge on any atom is 0.243 e. The van der Waals surface area contributed by atoms with Crippen LogP contribution in [0.5, 0.6) is 0 Å². The first-order valence-corrected chi connectivity index (χ1v) is 9.61. The molecule has 1 amide bonds. The van der Waals surface area contributed by atoms with Crippen molar-refractivity contribution in [3.05, 3.63) is 40.9 Å². The number of thiazole rings is 1. The molecule has 0 unspecified atom stereocenters. The van der Waals surface area contributed by atoms with Gasteiger partial charge >= 0.3 is 0 Å². The third kappa shape index (κ3) is 6.15. The molecule has 0 spiro atoms. The predicted octanol–water partition coefficient (Wildman–Crippen LogP) is 2.30. The highest BCUT2D eigenvalue weighted by Gasteiger charge is 2.06. The number of aryl methyl sites for hydroxylation is 1. The van der Waals surface area contributed by atoms with Gasteiger partial charge in [0.25, 0.3) is 0 Å². The van der Waals surface area contributed by atoms with E-state index in [0.29, 0.717) is 12.5 Å². The summed E-state index contributed by atoms with van der Waals surface area (Å²) in [7, 11) is 3.46. The minimum Gasteiger partial charge on any atom is -0.357 e. The first-order valence-electron chi connectivity index (χ1n) is 8.73. The van der Waals surface area contributed by atoms with Crippen molar-refractivity contribution in [2.24, 2.45) is 4.99 Å². The molecule has 2 aromatic rings. The van der Waals surface area contributed by atoms with Gasteiger partial charge in [0, 0.05) is 44.5 Å². The number of hydrogen-bond acceptors (Lipinski definition) is 4. The quantitative estimate of drug-likeness (QED) is 0.577. The fourth-order valence-electron chi connectivity index (χ4n) is 2.19. The summed E-state index contributed by atoms with van der Waals surface area (Å²) in [6.07, 6.45) is 0.800. The molecule has 2 N–H and O–H groups in total. The highest BCUT2D eigenvalue weighted by atomic mass is 32.1. The lowest BCUT2D eigenvalue weighted by Gasteiger charge is -2.12. The summed E-state index contributed by atoms with van der Waals surface area (Å²) in [5, 5.41) is 9.54. The molecule has 1 heterocycles. The Kier molecular flexibility index (Phi) is 7.59. The smallest absolute Gasteiger partial charge is 0.243 e. The molecule has 0 aliphatic carbocycles. The van der Waals surface area contributed by atoms with Crippen LogP contribution in [0.25, 0.3) is 10.6 Å². The van der Waals surface area contributed by atoms with E-state index in [1.165, 1.54) is 10.5 Å². The Bertz CT molecular complexity index is 737. The third-order valence-electron chi connectivity index (χ3n) is 3.74. The molecule has 7 heteroatoms. The molecule has 140 valence electrons. The number of likely N-dealkylation sites (N-methyl/N-ethyl adjacent to an activating group) is 1. The number of aliphatic imine (C=N–C) groups is 1. The molecular formula is C19H27N5OS. The molecule has 1 aromatic heterocycles. The van der Waals surface area contributed by atoms with Gasteiger partial charge in [-0.2, -0.15) is 0 Å². The van der Waals surface area contributed by atoms with Crippen LogP contribution in [0.2, 0.25) is 0 Å². The van der Waals surface area contributed by atoms with Gasteiger partial charge in [0.05, 0.1) is 5.69 Å². The molecule has 1 aromatic carbocycles. The summed E-state index contributed by atoms with van der Waals surface area (Å²) in [5.74, 6) is 0.626. The van der Waals surface area contributed by atoms with Gasteiger partial charge in [0.15, 0.2) is 5.96 Å². The number of rotatable bonds is 7. The average molecular weight is 374 g/mol. The normalized spacial score (nSPS) is 11.3. The summed E-state index contributed by atoms with van der Waals surface area (Å²) in [4.78, 5) is 22.2. The average Bonchev–Trinajstić information content (AvgIpc) is 3.08. The molecule has 0 aliphatic rings. The number of carbonyl (C=O) groups excluding carboxylic acids is 1. The van der Waals surface area contributed by atoms with Crippen LogP contribution in [0.3, 0.4) is 0 Å². The maximum atomic E-state index is 11.7. The van der Waals surface area contributed by atoms with Crippen LogP contribution in [-0.2, 0) is 11.2 Å². The minimum absolute atomic E-state index is 0.0237. The molecule has 0 saturated heterocycles. The largest absolute Gasteiger partial charge is 0.357 e. The first-order chi connectivity index (χ1) is 12.5. The fraction of sp³-hybridized carbons (Fsp3) is 0.421. The van der Waals surface area contributed by atoms with E-state index in [1.54, 1.807) is 25.4 Å². The standard InChI is InChI=1S/C19H27N5OS/c1-5-20-19(22-12-17(25)24(3)4)21-11-10-16-13-26-18(23-16)15-8-6-14(2)7-9-15/h6-9,13H,5,10-12H2,1-4H3,(H2,20,21,22). The topological polar surface area (TPSA) is 69.6 Å². The van der Waals surface area contributed by atoms with Crippen LogP contribution >= 0.6 is 11.3 Å². The van der Waals surface area contributed by atoms with E-state index in [-0.39, 0.29) is 12.5 Å². The Morgan fingerprint density at radius 2 is 1.96 bits per heavy atom. The molecule has 0 fully saturated rings. The van der Waals surface area contributed by atoms with Crippen molar-refractivity contribution in [3.63, 3.8) is 0 Å². The molecule has 6 nitrogen and oxygen atoms in total. The molecule has 26 heavy (non-hydrogen) atoms. The van der Waals surface area contributed by atoms with Crippen molar-refractivity contribution in [2.45, 2.75) is 20.3 Å². The van der Waals surface area contributed by atoms with Gasteiger partial charge in [-0.25, -0.2) is 9.98 Å². The first kappa shape index (κ1) is 19.9. The second kappa shape index (κ2) is 9.91. The van der Waals surface area contributed by atoms with E-state index in [4.69, 9.17) is 4.98 Å². The van der Waals surface area contributed by atoms with E-state index < -0.39 is 0 Å². The molecule has 2 rings (SSSR count). The van der Waals surface area contributed by atoms with Crippen molar-refractivity contribution < 1.29 is 4.79 Å². The number of hydrogen-bond donors (Lipinski definition) is 2. The number of aromatic nitrogens is 1. The van der Waals surface area contributed by atoms with Crippen LogP contribution < -0.4 is 10.6 Å². The Morgan fingerprint density at radius 3 is 2.62 bits per heavy atom. The molecule has 0 saturated carbocycles. The van der Waals surface area contributed by atoms with Crippen LogP contribution in [0.4, 0.5) is 0 Å². The van der Waals surface area contributed by atoms with Crippen molar-refractivity contribution in [1.82, 2.24) is 20.5 Å². The Labute approximate surface area is 159 Å². The monoisotopic (exact) mass is 373 g/mol. The number of carbonyl (C=O) groups is 1. The summed E-state index contributed by atoms with van der Waals surface area (Å²) < 4.78 is 0. The lowest BCUT2D eigenvalue weighted by atomic mass is 10.2. The zero-order chi connectivity index (χ0) is 18.9. The van der Waals surface area contributed by atoms with E-state index in [2.05, 4.69) is 52.2 Å². The number of amides is 1. The van der Waals surface area contributed by atoms with Gasteiger partial charge in [-0.05, 0) is 13.8 Å². The highest BCUT2D eigenvalue weighted by molar-refractivity contribution is 7.13. The van der Waals surface area contributed by atoms with Crippen molar-refractivity contribution in [1.29, 1.82) is 0 Å². The molecule has 0 atom stereocenters. The summed E-state index contributed by atoms with van der Waals surface area (Å²) >= 11 is 1.66. The fourth-order valence-corrected chi connectivity index (χ4v) is 3.05. The summed E-state index contributed by atoms with van der Waals surface area (Å²) in [6, 6.07) is 8.42. The maximum absolute atomic E-state index is 11.7. The van der Waals surface area contributed by atoms with Crippen molar-refractivity contribution in [2.75, 3.05) is 33.7 Å². The SMILES string of the molecule is CCNC(=NCC(=O)N(C)C)NCCc1csc(-c2ccc(C)cc2)n1. The van der Waals surface area contributed by atoms with Gasteiger partial charge < -0.3 is 15.5 Å². The van der Waals surface area contributed by atoms with E-state index >= 15 is 0 Å². The van der Waals surface area contributed by atoms with E-state index in [1.807, 2.05) is 6.92 Å². The number of guanidine groups is 1. The number of nitrogens with zero attached hydrogens (tertiary/aromatic N) is 3. The van der Waals surface area contributed by atoms with Gasteiger partial charge in [0.1, 0.15) is 11.6 Å². The van der Waals surface area contributed by atoms with Crippen LogP contribution in [0.15, 0.2) is 34.6 Å². The zero-order valence-electron chi connectivity index (χ0n) is 15.9. The number of benzene rings is 1. The molecular weight excluding hydrogens is 346 g/mol. The van der Waals surface area contributed by atoms with Gasteiger partial charge in [-0.1, -0.05) is 29.8 Å². The number of nitrogens with one attached hydrogen (secondary N) is 2. The lowest BCUT2D eigenvalue weighted by molar-refractivity contribution is -0.127. The van der Waals surface area contributed by atoms with Crippen molar-refractivity contribution >= 4 is 23.2 Å². The van der Waals surface area contributed by atoms with E-state index in [9.17, 15) is 4.79 Å². The Morgan fingerprint density at radius 1 is 1.23 bits per heavy atom. The van der Waals surface area contributed by atoms with Crippen LogP contribution in [0, 0.1) is 6.92 Å². The third-order valence-corrected chi connectivity index (χ3v) is 4.68. The molecule has 0 radical (unpaired) electrons. The van der Waals surface area contributed by atoms with Gasteiger partial charge in [-0.3, -0.25) is 4.79 Å². The van der Waals surface area contributed by atoms with E-state index in [0.717, 1.165) is 29.2 Å². The summed E-state index contributed by atoms with van der Waals surface area (Å²) in [6.45, 7) is 5.67. The Balaban J connectivity index is 1.88. The molecule has 0 bridgehead atoms. The van der Waals surface area contributed by atoms with Crippen molar-refractivity contribution in [3.8, 4) is 10.6 Å². The lowest BCUT2D eigenvalue weighted by Crippen LogP contribution is -2.39. The van der Waals surface area contributed by atoms with Gasteiger partial charge in [0.2, 0.25) is 5.91 Å². The van der Waals surface area contributed by atoms with Crippen LogP contribution in [-0.4, -0.2) is 55.5 Å².